The Hall–Kier alpha value is -1.25. The molecule has 26 heavy (non-hydrogen) atoms. The molecule has 1 aliphatic heterocycles. The predicted octanol–water partition coefficient (Wildman–Crippen LogP) is 2.39. The zero-order valence-corrected chi connectivity index (χ0v) is 16.9. The Morgan fingerprint density at radius 2 is 2.04 bits per heavy atom. The maximum absolute atomic E-state index is 9.19. The first-order valence-electron chi connectivity index (χ1n) is 9.57. The molecule has 148 valence electrons. The summed E-state index contributed by atoms with van der Waals surface area (Å²) in [6, 6.07) is 0.726. The fourth-order valence-electron chi connectivity index (χ4n) is 3.90. The summed E-state index contributed by atoms with van der Waals surface area (Å²) in [7, 11) is -3.67. The lowest BCUT2D eigenvalue weighted by Gasteiger charge is -2.44. The number of likely N-dealkylation sites (tertiary alicyclic amines) is 1. The van der Waals surface area contributed by atoms with Gasteiger partial charge in [-0.1, -0.05) is 13.8 Å². The lowest BCUT2D eigenvalue weighted by Crippen LogP contribution is -2.49. The van der Waals surface area contributed by atoms with E-state index in [0.717, 1.165) is 43.7 Å². The molecule has 0 aromatic carbocycles. The number of piperidine rings is 1. The third-order valence-corrected chi connectivity index (χ3v) is 4.92. The van der Waals surface area contributed by atoms with Crippen LogP contribution in [0.2, 0.25) is 0 Å². The van der Waals surface area contributed by atoms with Crippen LogP contribution >= 0.6 is 0 Å². The van der Waals surface area contributed by atoms with Crippen molar-refractivity contribution in [3.63, 3.8) is 0 Å². The summed E-state index contributed by atoms with van der Waals surface area (Å²) in [6.07, 6.45) is 10.2. The number of hydrogen-bond donors (Lipinski definition) is 2. The van der Waals surface area contributed by atoms with E-state index in [2.05, 4.69) is 35.2 Å². The van der Waals surface area contributed by atoms with Gasteiger partial charge >= 0.3 is 0 Å². The lowest BCUT2D eigenvalue weighted by molar-refractivity contribution is 0.0845. The van der Waals surface area contributed by atoms with E-state index in [0.29, 0.717) is 6.26 Å². The van der Waals surface area contributed by atoms with Crippen LogP contribution in [0.4, 0.5) is 5.95 Å². The Morgan fingerprint density at radius 3 is 2.69 bits per heavy atom. The summed E-state index contributed by atoms with van der Waals surface area (Å²) < 4.78 is 25.9. The van der Waals surface area contributed by atoms with Crippen LogP contribution in [-0.2, 0) is 23.0 Å². The highest BCUT2D eigenvalue weighted by Gasteiger charge is 2.35. The van der Waals surface area contributed by atoms with Gasteiger partial charge in [-0.15, -0.1) is 0 Å². The number of rotatable bonds is 5. The number of nitrogens with zero attached hydrogens (tertiary/aromatic N) is 3. The fraction of sp³-hybridized carbons (Fsp3) is 0.778. The second kappa shape index (κ2) is 9.62. The van der Waals surface area contributed by atoms with E-state index in [1.54, 1.807) is 0 Å². The van der Waals surface area contributed by atoms with Crippen molar-refractivity contribution in [2.45, 2.75) is 58.4 Å². The fourth-order valence-corrected chi connectivity index (χ4v) is 3.90. The van der Waals surface area contributed by atoms with Crippen molar-refractivity contribution < 1.29 is 13.0 Å². The average Bonchev–Trinajstić information content (AvgIpc) is 2.57. The predicted molar refractivity (Wildman–Crippen MR) is 104 cm³/mol. The molecule has 2 N–H and O–H groups in total. The van der Waals surface area contributed by atoms with Crippen molar-refractivity contribution in [2.75, 3.05) is 31.2 Å². The van der Waals surface area contributed by atoms with Gasteiger partial charge in [0.05, 0.1) is 6.26 Å². The van der Waals surface area contributed by atoms with E-state index in [9.17, 15) is 8.42 Å². The SMILES string of the molecule is CCCNc1ncc2c(n1)C[C@@H]1CCCN(CCC)[C@H]1C2.CS(=O)(=O)O. The largest absolute Gasteiger partial charge is 0.354 e. The minimum atomic E-state index is -3.67. The molecular formula is C18H32N4O3S. The van der Waals surface area contributed by atoms with E-state index >= 15 is 0 Å². The molecule has 2 heterocycles. The van der Waals surface area contributed by atoms with Crippen LogP contribution in [0.3, 0.4) is 0 Å². The zero-order valence-electron chi connectivity index (χ0n) is 16.1. The van der Waals surface area contributed by atoms with Crippen molar-refractivity contribution in [3.8, 4) is 0 Å². The second-order valence-electron chi connectivity index (χ2n) is 7.24. The number of fused-ring (bicyclic) bond motifs is 2. The summed E-state index contributed by atoms with van der Waals surface area (Å²) in [5.41, 5.74) is 2.67. The molecule has 0 unspecified atom stereocenters. The summed E-state index contributed by atoms with van der Waals surface area (Å²) >= 11 is 0. The quantitative estimate of drug-likeness (QED) is 0.753. The molecule has 2 atom stereocenters. The van der Waals surface area contributed by atoms with Gasteiger partial charge in [0, 0.05) is 24.5 Å². The number of nitrogens with one attached hydrogen (secondary N) is 1. The molecule has 0 radical (unpaired) electrons. The molecule has 1 saturated heterocycles. The molecule has 3 rings (SSSR count). The normalized spacial score (nSPS) is 22.6. The molecule has 0 amide bonds. The molecule has 1 fully saturated rings. The molecule has 1 aromatic rings. The van der Waals surface area contributed by atoms with Gasteiger partial charge in [0.15, 0.2) is 0 Å². The van der Waals surface area contributed by atoms with Crippen LogP contribution in [0.15, 0.2) is 6.20 Å². The third-order valence-electron chi connectivity index (χ3n) is 4.92. The van der Waals surface area contributed by atoms with E-state index in [-0.39, 0.29) is 0 Å². The molecule has 1 aromatic heterocycles. The highest BCUT2D eigenvalue weighted by molar-refractivity contribution is 7.85. The van der Waals surface area contributed by atoms with Gasteiger partial charge in [0.2, 0.25) is 5.95 Å². The van der Waals surface area contributed by atoms with E-state index < -0.39 is 10.1 Å². The number of aromatic nitrogens is 2. The molecule has 0 saturated carbocycles. The van der Waals surface area contributed by atoms with Crippen LogP contribution in [0, 0.1) is 5.92 Å². The molecule has 0 spiro atoms. The van der Waals surface area contributed by atoms with Gasteiger partial charge in [-0.05, 0) is 63.1 Å². The van der Waals surface area contributed by atoms with Gasteiger partial charge < -0.3 is 5.32 Å². The van der Waals surface area contributed by atoms with Crippen LogP contribution in [0.1, 0.15) is 50.8 Å². The summed E-state index contributed by atoms with van der Waals surface area (Å²) in [5.74, 6) is 1.61. The van der Waals surface area contributed by atoms with Crippen molar-refractivity contribution in [3.05, 3.63) is 17.5 Å². The summed E-state index contributed by atoms with van der Waals surface area (Å²) in [5, 5.41) is 3.31. The Labute approximate surface area is 157 Å². The average molecular weight is 385 g/mol. The third kappa shape index (κ3) is 6.48. The summed E-state index contributed by atoms with van der Waals surface area (Å²) in [4.78, 5) is 12.0. The highest BCUT2D eigenvalue weighted by atomic mass is 32.2. The first-order chi connectivity index (χ1) is 12.3. The van der Waals surface area contributed by atoms with Gasteiger partial charge in [0.25, 0.3) is 10.1 Å². The Bertz CT molecular complexity index is 671. The van der Waals surface area contributed by atoms with Crippen molar-refractivity contribution in [1.82, 2.24) is 14.9 Å². The van der Waals surface area contributed by atoms with Crippen LogP contribution in [0.5, 0.6) is 0 Å². The molecule has 8 heteroatoms. The van der Waals surface area contributed by atoms with Crippen LogP contribution in [0.25, 0.3) is 0 Å². The minimum absolute atomic E-state index is 0.715. The molecular weight excluding hydrogens is 352 g/mol. The van der Waals surface area contributed by atoms with Crippen molar-refractivity contribution in [1.29, 1.82) is 0 Å². The number of anilines is 1. The second-order valence-corrected chi connectivity index (χ2v) is 8.71. The maximum atomic E-state index is 9.19. The van der Waals surface area contributed by atoms with E-state index in [4.69, 9.17) is 9.54 Å². The maximum Gasteiger partial charge on any atom is 0.261 e. The Morgan fingerprint density at radius 1 is 1.31 bits per heavy atom. The molecule has 7 nitrogen and oxygen atoms in total. The monoisotopic (exact) mass is 384 g/mol. The van der Waals surface area contributed by atoms with Gasteiger partial charge in [-0.3, -0.25) is 9.45 Å². The van der Waals surface area contributed by atoms with E-state index in [1.165, 1.54) is 43.6 Å². The molecule has 0 bridgehead atoms. The standard InChI is InChI=1S/C17H28N4.CH4O3S/c1-3-7-18-17-19-12-14-11-16-13(10-15(14)20-17)6-5-9-21(16)8-4-2;1-5(2,3)4/h12-13,16H,3-11H2,1-2H3,(H,18,19,20);1H3,(H,2,3,4)/t13-,16-;/m0./s1. The molecule has 1 aliphatic carbocycles. The van der Waals surface area contributed by atoms with Crippen LogP contribution < -0.4 is 5.32 Å². The Balaban J connectivity index is 0.000000431. The first kappa shape index (κ1) is 21.1. The summed E-state index contributed by atoms with van der Waals surface area (Å²) in [6.45, 7) is 7.93. The number of hydrogen-bond acceptors (Lipinski definition) is 6. The molecule has 2 aliphatic rings. The topological polar surface area (TPSA) is 95.4 Å². The highest BCUT2D eigenvalue weighted by Crippen LogP contribution is 2.34. The minimum Gasteiger partial charge on any atom is -0.354 e. The van der Waals surface area contributed by atoms with Gasteiger partial charge in [-0.25, -0.2) is 9.97 Å². The van der Waals surface area contributed by atoms with Crippen molar-refractivity contribution >= 4 is 16.1 Å². The smallest absolute Gasteiger partial charge is 0.261 e. The van der Waals surface area contributed by atoms with Crippen molar-refractivity contribution in [2.24, 2.45) is 5.92 Å². The van der Waals surface area contributed by atoms with Gasteiger partial charge in [-0.2, -0.15) is 8.42 Å². The Kier molecular flexibility index (Phi) is 7.79. The van der Waals surface area contributed by atoms with E-state index in [1.807, 2.05) is 0 Å². The first-order valence-corrected chi connectivity index (χ1v) is 11.4. The lowest BCUT2D eigenvalue weighted by atomic mass is 9.77. The van der Waals surface area contributed by atoms with Crippen LogP contribution in [-0.4, -0.2) is 59.8 Å². The zero-order chi connectivity index (χ0) is 19.2. The van der Waals surface area contributed by atoms with Gasteiger partial charge in [0.1, 0.15) is 0 Å².